The first-order valence-electron chi connectivity index (χ1n) is 14.8. The van der Waals surface area contributed by atoms with Gasteiger partial charge in [-0.2, -0.15) is 0 Å². The van der Waals surface area contributed by atoms with Gasteiger partial charge in [-0.15, -0.1) is 16.6 Å². The van der Waals surface area contributed by atoms with Crippen molar-refractivity contribution in [3.8, 4) is 35.4 Å². The van der Waals surface area contributed by atoms with E-state index in [-0.39, 0.29) is 22.8 Å². The van der Waals surface area contributed by atoms with Gasteiger partial charge in [0.15, 0.2) is 17.2 Å². The van der Waals surface area contributed by atoms with Crippen LogP contribution in [0.2, 0.25) is 0 Å². The van der Waals surface area contributed by atoms with Gasteiger partial charge in [-0.3, -0.25) is 4.90 Å². The first-order chi connectivity index (χ1) is 20.5. The van der Waals surface area contributed by atoms with Crippen molar-refractivity contribution in [1.29, 1.82) is 0 Å². The summed E-state index contributed by atoms with van der Waals surface area (Å²) in [6, 6.07) is 9.73. The molecule has 2 aromatic carbocycles. The standard InChI is InChI=1S/C33H31FN8/c1-2-20-6-3-7-21-16-22(35)17-25(27(20)21)29-28(34)30-31(40-39-29)32(42-19-23-8-9-24(42)18-36-23)38-26(37-30)10-13-33-11-4-14-41(33)15-5-12-33/h1,3,6-7,16-17,23-24,36H,4-5,8-9,11-12,14-15,18-19,35H2/t23-,24-/m1/s1. The van der Waals surface area contributed by atoms with E-state index in [1.165, 1.54) is 0 Å². The molecule has 3 N–H and O–H groups in total. The molecule has 0 aliphatic carbocycles. The number of nitrogen functional groups attached to an aromatic ring is 1. The van der Waals surface area contributed by atoms with E-state index in [4.69, 9.17) is 22.1 Å². The van der Waals surface area contributed by atoms with E-state index in [1.54, 1.807) is 6.07 Å². The van der Waals surface area contributed by atoms with E-state index in [2.05, 4.69) is 43.1 Å². The number of halogens is 1. The smallest absolute Gasteiger partial charge is 0.207 e. The van der Waals surface area contributed by atoms with Gasteiger partial charge >= 0.3 is 0 Å². The summed E-state index contributed by atoms with van der Waals surface area (Å²) >= 11 is 0. The van der Waals surface area contributed by atoms with Crippen LogP contribution in [0.5, 0.6) is 0 Å². The summed E-state index contributed by atoms with van der Waals surface area (Å²) in [4.78, 5) is 14.4. The molecule has 0 unspecified atom stereocenters. The van der Waals surface area contributed by atoms with Crippen LogP contribution in [0.25, 0.3) is 33.1 Å². The lowest BCUT2D eigenvalue weighted by Crippen LogP contribution is -2.61. The number of aromatic nitrogens is 4. The first-order valence-corrected chi connectivity index (χ1v) is 14.8. The molecule has 5 aliphatic heterocycles. The molecule has 8 nitrogen and oxygen atoms in total. The number of piperazine rings is 1. The summed E-state index contributed by atoms with van der Waals surface area (Å²) in [5.74, 6) is 9.90. The van der Waals surface area contributed by atoms with Crippen LogP contribution in [-0.2, 0) is 0 Å². The first kappa shape index (κ1) is 25.4. The predicted octanol–water partition coefficient (Wildman–Crippen LogP) is 3.86. The van der Waals surface area contributed by atoms with Crippen molar-refractivity contribution in [2.75, 3.05) is 36.8 Å². The van der Waals surface area contributed by atoms with Crippen LogP contribution in [0.1, 0.15) is 49.9 Å². The van der Waals surface area contributed by atoms with E-state index >= 15 is 4.39 Å². The van der Waals surface area contributed by atoms with Crippen molar-refractivity contribution >= 4 is 33.3 Å². The maximum absolute atomic E-state index is 16.7. The third kappa shape index (κ3) is 3.92. The molecule has 42 heavy (non-hydrogen) atoms. The second-order valence-corrected chi connectivity index (χ2v) is 12.0. The Bertz CT molecular complexity index is 1850. The minimum Gasteiger partial charge on any atom is -0.399 e. The summed E-state index contributed by atoms with van der Waals surface area (Å²) in [6.07, 6.45) is 12.4. The summed E-state index contributed by atoms with van der Waals surface area (Å²) in [7, 11) is 0. The van der Waals surface area contributed by atoms with Crippen molar-refractivity contribution in [2.24, 2.45) is 0 Å². The molecule has 2 aromatic heterocycles. The van der Waals surface area contributed by atoms with Gasteiger partial charge in [0.1, 0.15) is 11.2 Å². The number of hydrogen-bond donors (Lipinski definition) is 2. The van der Waals surface area contributed by atoms with Crippen LogP contribution in [0.15, 0.2) is 30.3 Å². The van der Waals surface area contributed by atoms with E-state index < -0.39 is 5.82 Å². The average molecular weight is 559 g/mol. The van der Waals surface area contributed by atoms with Gasteiger partial charge in [-0.1, -0.05) is 24.0 Å². The van der Waals surface area contributed by atoms with Gasteiger partial charge in [0.2, 0.25) is 5.82 Å². The minimum atomic E-state index is -0.577. The molecular formula is C33H31FN8. The van der Waals surface area contributed by atoms with Crippen LogP contribution < -0.4 is 16.0 Å². The highest BCUT2D eigenvalue weighted by molar-refractivity contribution is 6.03. The summed E-state index contributed by atoms with van der Waals surface area (Å²) in [6.45, 7) is 3.78. The van der Waals surface area contributed by atoms with E-state index in [0.717, 1.165) is 70.1 Å². The molecule has 5 aliphatic rings. The number of benzene rings is 2. The number of hydrogen-bond acceptors (Lipinski definition) is 8. The Kier molecular flexibility index (Phi) is 5.82. The molecule has 2 atom stereocenters. The molecule has 4 aromatic rings. The van der Waals surface area contributed by atoms with Crippen LogP contribution >= 0.6 is 0 Å². The molecule has 2 bridgehead atoms. The molecule has 0 saturated carbocycles. The van der Waals surface area contributed by atoms with E-state index in [9.17, 15) is 0 Å². The van der Waals surface area contributed by atoms with E-state index in [1.807, 2.05) is 24.3 Å². The largest absolute Gasteiger partial charge is 0.399 e. The zero-order valence-electron chi connectivity index (χ0n) is 23.3. The summed E-state index contributed by atoms with van der Waals surface area (Å²) < 4.78 is 16.7. The fourth-order valence-corrected chi connectivity index (χ4v) is 7.58. The lowest BCUT2D eigenvalue weighted by atomic mass is 9.93. The third-order valence-electron chi connectivity index (χ3n) is 9.61. The Balaban J connectivity index is 1.34. The number of piperidine rings is 2. The normalized spacial score (nSPS) is 22.7. The van der Waals surface area contributed by atoms with Gasteiger partial charge in [-0.25, -0.2) is 14.4 Å². The molecule has 9 rings (SSSR count). The predicted molar refractivity (Wildman–Crippen MR) is 162 cm³/mol. The third-order valence-corrected chi connectivity index (χ3v) is 9.61. The Labute approximate surface area is 243 Å². The lowest BCUT2D eigenvalue weighted by molar-refractivity contribution is 0.261. The molecular weight excluding hydrogens is 527 g/mol. The molecule has 0 radical (unpaired) electrons. The zero-order chi connectivity index (χ0) is 28.4. The number of nitrogens with zero attached hydrogens (tertiary/aromatic N) is 6. The van der Waals surface area contributed by atoms with Crippen molar-refractivity contribution in [2.45, 2.75) is 56.1 Å². The van der Waals surface area contributed by atoms with Crippen LogP contribution in [0.4, 0.5) is 15.9 Å². The van der Waals surface area contributed by atoms with Gasteiger partial charge < -0.3 is 16.0 Å². The molecule has 5 fully saturated rings. The zero-order valence-corrected chi connectivity index (χ0v) is 23.3. The van der Waals surface area contributed by atoms with Crippen molar-refractivity contribution in [3.05, 3.63) is 47.5 Å². The molecule has 7 heterocycles. The van der Waals surface area contributed by atoms with Crippen LogP contribution in [0.3, 0.4) is 0 Å². The molecule has 5 saturated heterocycles. The fraction of sp³-hybridized carbons (Fsp3) is 0.394. The van der Waals surface area contributed by atoms with Gasteiger partial charge in [0.25, 0.3) is 0 Å². The molecule has 210 valence electrons. The number of nitrogens with two attached hydrogens (primary N) is 1. The van der Waals surface area contributed by atoms with Crippen LogP contribution in [0, 0.1) is 30.0 Å². The van der Waals surface area contributed by atoms with E-state index in [0.29, 0.717) is 45.4 Å². The maximum Gasteiger partial charge on any atom is 0.207 e. The number of rotatable bonds is 2. The Morgan fingerprint density at radius 2 is 1.93 bits per heavy atom. The van der Waals surface area contributed by atoms with Crippen LogP contribution in [-0.4, -0.2) is 68.9 Å². The number of nitrogens with one attached hydrogen (secondary N) is 1. The number of terminal acetylenes is 1. The second kappa shape index (κ2) is 9.62. The topological polar surface area (TPSA) is 96.1 Å². The highest BCUT2D eigenvalue weighted by Gasteiger charge is 2.43. The Hall–Kier alpha value is -4.31. The minimum absolute atomic E-state index is 0.0595. The fourth-order valence-electron chi connectivity index (χ4n) is 7.58. The highest BCUT2D eigenvalue weighted by Crippen LogP contribution is 2.39. The van der Waals surface area contributed by atoms with Gasteiger partial charge in [-0.05, 0) is 81.1 Å². The molecule has 0 spiro atoms. The van der Waals surface area contributed by atoms with Crippen molar-refractivity contribution < 1.29 is 4.39 Å². The lowest BCUT2D eigenvalue weighted by Gasteiger charge is -2.46. The molecule has 0 amide bonds. The second-order valence-electron chi connectivity index (χ2n) is 12.0. The SMILES string of the molecule is C#Cc1cccc2cc(N)cc(-c3nnc4c(N5C[C@H]6CC[C@@H]5CN6)nc(C#CC56CCCN5CCC6)nc4c3F)c12. The Morgan fingerprint density at radius 3 is 2.67 bits per heavy atom. The summed E-state index contributed by atoms with van der Waals surface area (Å²) in [5.41, 5.74) is 8.26. The highest BCUT2D eigenvalue weighted by atomic mass is 19.1. The Morgan fingerprint density at radius 1 is 1.07 bits per heavy atom. The average Bonchev–Trinajstić information content (AvgIpc) is 3.60. The summed E-state index contributed by atoms with van der Waals surface area (Å²) in [5, 5.41) is 14.1. The number of anilines is 2. The maximum atomic E-state index is 16.7. The van der Waals surface area contributed by atoms with Crippen molar-refractivity contribution in [3.63, 3.8) is 0 Å². The monoisotopic (exact) mass is 558 g/mol. The molecule has 9 heteroatoms. The quantitative estimate of drug-likeness (QED) is 0.283. The van der Waals surface area contributed by atoms with Crippen molar-refractivity contribution in [1.82, 2.24) is 30.4 Å². The van der Waals surface area contributed by atoms with Gasteiger partial charge in [0, 0.05) is 47.4 Å². The van der Waals surface area contributed by atoms with Gasteiger partial charge in [0.05, 0.1) is 5.54 Å². The number of fused-ring (bicyclic) bond motifs is 6.